The zero-order valence-electron chi connectivity index (χ0n) is 16.0. The van der Waals surface area contributed by atoms with Crippen molar-refractivity contribution in [3.8, 4) is 22.8 Å². The third-order valence-electron chi connectivity index (χ3n) is 4.50. The first-order valence-electron chi connectivity index (χ1n) is 8.96. The van der Waals surface area contributed by atoms with Gasteiger partial charge in [-0.1, -0.05) is 11.8 Å². The Hall–Kier alpha value is -3.32. The van der Waals surface area contributed by atoms with Gasteiger partial charge in [0.25, 0.3) is 5.56 Å². The van der Waals surface area contributed by atoms with Crippen LogP contribution in [0.3, 0.4) is 0 Å². The summed E-state index contributed by atoms with van der Waals surface area (Å²) in [4.78, 5) is 24.3. The molecule has 0 radical (unpaired) electrons. The van der Waals surface area contributed by atoms with Gasteiger partial charge in [0.05, 0.1) is 19.9 Å². The number of methoxy groups -OCH3 is 2. The molecule has 6 nitrogen and oxygen atoms in total. The molecular weight excluding hydrogens is 386 g/mol. The number of aromatic nitrogens is 3. The summed E-state index contributed by atoms with van der Waals surface area (Å²) < 4.78 is 10.5. The molecule has 2 aromatic carbocycles. The van der Waals surface area contributed by atoms with E-state index in [1.807, 2.05) is 54.6 Å². The number of aromatic amines is 1. The number of rotatable bonds is 6. The van der Waals surface area contributed by atoms with E-state index in [1.165, 1.54) is 11.8 Å². The number of thioether (sulfide) groups is 1. The van der Waals surface area contributed by atoms with Gasteiger partial charge >= 0.3 is 0 Å². The molecule has 0 aliphatic heterocycles. The van der Waals surface area contributed by atoms with Crippen LogP contribution in [-0.2, 0) is 5.75 Å². The molecule has 2 heterocycles. The average Bonchev–Trinajstić information content (AvgIpc) is 2.77. The summed E-state index contributed by atoms with van der Waals surface area (Å²) in [5.74, 6) is 2.01. The third-order valence-corrected chi connectivity index (χ3v) is 5.41. The van der Waals surface area contributed by atoms with Crippen LogP contribution in [0.4, 0.5) is 0 Å². The molecule has 2 aromatic heterocycles. The van der Waals surface area contributed by atoms with Crippen LogP contribution in [0.15, 0.2) is 70.7 Å². The maximum Gasteiger partial charge on any atom is 0.252 e. The van der Waals surface area contributed by atoms with E-state index >= 15 is 0 Å². The van der Waals surface area contributed by atoms with E-state index in [0.29, 0.717) is 16.5 Å². The van der Waals surface area contributed by atoms with E-state index in [1.54, 1.807) is 20.4 Å². The lowest BCUT2D eigenvalue weighted by molar-refractivity contribution is 0.415. The van der Waals surface area contributed by atoms with E-state index in [9.17, 15) is 4.79 Å². The molecule has 0 unspecified atom stereocenters. The topological polar surface area (TPSA) is 77.1 Å². The predicted octanol–water partition coefficient (Wildman–Crippen LogP) is 4.29. The number of benzene rings is 2. The van der Waals surface area contributed by atoms with E-state index in [-0.39, 0.29) is 5.56 Å². The van der Waals surface area contributed by atoms with Crippen LogP contribution in [0, 0.1) is 0 Å². The third kappa shape index (κ3) is 4.25. The second-order valence-corrected chi connectivity index (χ2v) is 7.26. The molecule has 0 fully saturated rings. The van der Waals surface area contributed by atoms with Gasteiger partial charge in [0.2, 0.25) is 0 Å². The Bertz CT molecular complexity index is 1210. The highest BCUT2D eigenvalue weighted by molar-refractivity contribution is 7.98. The van der Waals surface area contributed by atoms with Crippen molar-refractivity contribution in [3.05, 3.63) is 76.7 Å². The fraction of sp³-hybridized carbons (Fsp3) is 0.136. The molecule has 0 aliphatic rings. The van der Waals surface area contributed by atoms with Gasteiger partial charge in [-0.25, -0.2) is 9.97 Å². The van der Waals surface area contributed by atoms with Gasteiger partial charge in [-0.3, -0.25) is 4.79 Å². The minimum Gasteiger partial charge on any atom is -0.497 e. The predicted molar refractivity (Wildman–Crippen MR) is 115 cm³/mol. The largest absolute Gasteiger partial charge is 0.497 e. The second kappa shape index (κ2) is 8.36. The molecule has 4 aromatic rings. The zero-order chi connectivity index (χ0) is 20.2. The first-order valence-corrected chi connectivity index (χ1v) is 9.95. The van der Waals surface area contributed by atoms with E-state index in [2.05, 4.69) is 15.0 Å². The number of hydrogen-bond donors (Lipinski definition) is 1. The lowest BCUT2D eigenvalue weighted by Gasteiger charge is -2.06. The summed E-state index contributed by atoms with van der Waals surface area (Å²) in [7, 11) is 3.26. The van der Waals surface area contributed by atoms with Crippen molar-refractivity contribution in [2.24, 2.45) is 0 Å². The summed E-state index contributed by atoms with van der Waals surface area (Å²) in [5, 5.41) is 1.54. The molecule has 29 heavy (non-hydrogen) atoms. The normalized spacial score (nSPS) is 10.8. The first-order chi connectivity index (χ1) is 14.2. The smallest absolute Gasteiger partial charge is 0.252 e. The fourth-order valence-corrected chi connectivity index (χ4v) is 3.74. The van der Waals surface area contributed by atoms with Crippen LogP contribution in [0.5, 0.6) is 11.5 Å². The molecule has 0 spiro atoms. The maximum absolute atomic E-state index is 12.4. The summed E-state index contributed by atoms with van der Waals surface area (Å²) in [5.41, 5.74) is 3.13. The van der Waals surface area contributed by atoms with Gasteiger partial charge in [-0.05, 0) is 54.6 Å². The summed E-state index contributed by atoms with van der Waals surface area (Å²) in [6, 6.07) is 17.0. The van der Waals surface area contributed by atoms with Crippen LogP contribution >= 0.6 is 11.8 Å². The number of hydrogen-bond acceptors (Lipinski definition) is 6. The molecule has 0 aliphatic carbocycles. The van der Waals surface area contributed by atoms with Crippen LogP contribution in [0.1, 0.15) is 5.56 Å². The summed E-state index contributed by atoms with van der Waals surface area (Å²) in [6.45, 7) is 0. The van der Waals surface area contributed by atoms with Crippen LogP contribution in [-0.4, -0.2) is 29.2 Å². The maximum atomic E-state index is 12.4. The molecule has 0 atom stereocenters. The Morgan fingerprint density at radius 1 is 0.966 bits per heavy atom. The van der Waals surface area contributed by atoms with E-state index in [0.717, 1.165) is 33.7 Å². The van der Waals surface area contributed by atoms with Crippen molar-refractivity contribution in [3.63, 3.8) is 0 Å². The van der Waals surface area contributed by atoms with Crippen LogP contribution < -0.4 is 15.0 Å². The minimum absolute atomic E-state index is 0.110. The Balaban J connectivity index is 1.55. The van der Waals surface area contributed by atoms with Gasteiger partial charge in [-0.2, -0.15) is 0 Å². The molecule has 0 bridgehead atoms. The lowest BCUT2D eigenvalue weighted by Crippen LogP contribution is -2.11. The molecule has 0 amide bonds. The molecule has 0 saturated heterocycles. The summed E-state index contributed by atoms with van der Waals surface area (Å²) >= 11 is 1.42. The number of ether oxygens (including phenoxy) is 2. The molecule has 146 valence electrons. The Labute approximate surface area is 171 Å². The van der Waals surface area contributed by atoms with Crippen molar-refractivity contribution in [2.45, 2.75) is 10.9 Å². The molecular formula is C22H19N3O3S. The molecule has 7 heteroatoms. The van der Waals surface area contributed by atoms with Crippen molar-refractivity contribution in [1.29, 1.82) is 0 Å². The van der Waals surface area contributed by atoms with Gasteiger partial charge in [0.15, 0.2) is 5.16 Å². The number of fused-ring (bicyclic) bond motifs is 1. The van der Waals surface area contributed by atoms with Gasteiger partial charge in [0, 0.05) is 34.0 Å². The van der Waals surface area contributed by atoms with E-state index < -0.39 is 0 Å². The summed E-state index contributed by atoms with van der Waals surface area (Å²) in [6.07, 6.45) is 1.73. The van der Waals surface area contributed by atoms with Gasteiger partial charge in [-0.15, -0.1) is 0 Å². The monoisotopic (exact) mass is 405 g/mol. The Morgan fingerprint density at radius 2 is 1.72 bits per heavy atom. The highest BCUT2D eigenvalue weighted by Gasteiger charge is 2.08. The zero-order valence-corrected chi connectivity index (χ0v) is 16.8. The average molecular weight is 405 g/mol. The van der Waals surface area contributed by atoms with Crippen molar-refractivity contribution >= 4 is 22.7 Å². The standard InChI is InChI=1S/C22H19N3O3S/c1-27-17-5-3-14(4-6-17)20-9-10-23-22(25-20)29-13-16-11-15-12-18(28-2)7-8-19(15)24-21(16)26/h3-12H,13H2,1-2H3,(H,24,26). The second-order valence-electron chi connectivity index (χ2n) is 6.32. The molecule has 1 N–H and O–H groups in total. The number of nitrogens with zero attached hydrogens (tertiary/aromatic N) is 2. The minimum atomic E-state index is -0.110. The van der Waals surface area contributed by atoms with Gasteiger partial charge in [0.1, 0.15) is 11.5 Å². The molecule has 0 saturated carbocycles. The van der Waals surface area contributed by atoms with Crippen molar-refractivity contribution in [1.82, 2.24) is 15.0 Å². The SMILES string of the molecule is COc1ccc(-c2ccnc(SCc3cc4cc(OC)ccc4[nH]c3=O)n2)cc1. The quantitative estimate of drug-likeness (QED) is 0.381. The highest BCUT2D eigenvalue weighted by Crippen LogP contribution is 2.25. The highest BCUT2D eigenvalue weighted by atomic mass is 32.2. The molecule has 4 rings (SSSR count). The Kier molecular flexibility index (Phi) is 5.48. The fourth-order valence-electron chi connectivity index (χ4n) is 2.94. The van der Waals surface area contributed by atoms with Crippen LogP contribution in [0.25, 0.3) is 22.2 Å². The van der Waals surface area contributed by atoms with E-state index in [4.69, 9.17) is 9.47 Å². The number of pyridine rings is 1. The number of H-pyrrole nitrogens is 1. The van der Waals surface area contributed by atoms with Gasteiger partial charge < -0.3 is 14.5 Å². The Morgan fingerprint density at radius 3 is 2.48 bits per heavy atom. The number of nitrogens with one attached hydrogen (secondary N) is 1. The van der Waals surface area contributed by atoms with Crippen molar-refractivity contribution < 1.29 is 9.47 Å². The lowest BCUT2D eigenvalue weighted by atomic mass is 10.1. The van der Waals surface area contributed by atoms with Crippen LogP contribution in [0.2, 0.25) is 0 Å². The first kappa shape index (κ1) is 19.0. The van der Waals surface area contributed by atoms with Crippen molar-refractivity contribution in [2.75, 3.05) is 14.2 Å².